The van der Waals surface area contributed by atoms with E-state index in [4.69, 9.17) is 5.26 Å². The standard InChI is InChI=1S/C16H18N2O3/c17-11-12-1-3-13(4-2-12)15(20)5-6-16(21)18-9-7-14(19)8-10-18/h1-4,14,19H,5-10H2. The Bertz CT molecular complexity index is 552. The molecule has 1 aromatic rings. The second-order valence-electron chi connectivity index (χ2n) is 5.22. The van der Waals surface area contributed by atoms with E-state index in [9.17, 15) is 14.7 Å². The van der Waals surface area contributed by atoms with Crippen molar-refractivity contribution in [3.63, 3.8) is 0 Å². The van der Waals surface area contributed by atoms with Gasteiger partial charge < -0.3 is 10.0 Å². The van der Waals surface area contributed by atoms with Crippen LogP contribution in [0.2, 0.25) is 0 Å². The second kappa shape index (κ2) is 7.00. The number of aliphatic hydroxyl groups excluding tert-OH is 1. The number of Topliss-reactive ketones (excluding diaryl/α,β-unsaturated/α-hetero) is 1. The summed E-state index contributed by atoms with van der Waals surface area (Å²) in [6.07, 6.45) is 1.26. The fraction of sp³-hybridized carbons (Fsp3) is 0.438. The summed E-state index contributed by atoms with van der Waals surface area (Å²) in [5.41, 5.74) is 1.03. The number of nitrogens with zero attached hydrogens (tertiary/aromatic N) is 2. The van der Waals surface area contributed by atoms with Crippen molar-refractivity contribution in [3.8, 4) is 6.07 Å². The van der Waals surface area contributed by atoms with Crippen LogP contribution in [0.4, 0.5) is 0 Å². The molecule has 21 heavy (non-hydrogen) atoms. The number of carbonyl (C=O) groups excluding carboxylic acids is 2. The summed E-state index contributed by atoms with van der Waals surface area (Å²) in [6.45, 7) is 1.12. The molecule has 0 saturated carbocycles. The number of rotatable bonds is 4. The third-order valence-electron chi connectivity index (χ3n) is 3.72. The van der Waals surface area contributed by atoms with Gasteiger partial charge in [0.25, 0.3) is 0 Å². The van der Waals surface area contributed by atoms with Crippen LogP contribution in [0.15, 0.2) is 24.3 Å². The molecule has 1 aliphatic rings. The molecular formula is C16H18N2O3. The summed E-state index contributed by atoms with van der Waals surface area (Å²) < 4.78 is 0. The van der Waals surface area contributed by atoms with Crippen LogP contribution in [0, 0.1) is 11.3 Å². The van der Waals surface area contributed by atoms with Gasteiger partial charge in [0, 0.05) is 31.5 Å². The molecule has 1 amide bonds. The summed E-state index contributed by atoms with van der Waals surface area (Å²) in [6, 6.07) is 8.42. The van der Waals surface area contributed by atoms with Crippen LogP contribution in [-0.2, 0) is 4.79 Å². The Morgan fingerprint density at radius 1 is 1.19 bits per heavy atom. The Balaban J connectivity index is 1.83. The van der Waals surface area contributed by atoms with Gasteiger partial charge in [-0.1, -0.05) is 12.1 Å². The van der Waals surface area contributed by atoms with Crippen molar-refractivity contribution in [1.29, 1.82) is 5.26 Å². The molecule has 1 aliphatic heterocycles. The maximum absolute atomic E-state index is 12.0. The minimum atomic E-state index is -0.311. The molecular weight excluding hydrogens is 268 g/mol. The lowest BCUT2D eigenvalue weighted by atomic mass is 10.0. The third-order valence-corrected chi connectivity index (χ3v) is 3.72. The first-order chi connectivity index (χ1) is 10.1. The lowest BCUT2D eigenvalue weighted by Gasteiger charge is -2.29. The van der Waals surface area contributed by atoms with Crippen LogP contribution < -0.4 is 0 Å². The molecule has 5 heteroatoms. The van der Waals surface area contributed by atoms with Gasteiger partial charge in [0.1, 0.15) is 0 Å². The van der Waals surface area contributed by atoms with E-state index in [1.165, 1.54) is 0 Å². The zero-order chi connectivity index (χ0) is 15.2. The molecule has 0 spiro atoms. The third kappa shape index (κ3) is 4.14. The van der Waals surface area contributed by atoms with Crippen molar-refractivity contribution in [2.24, 2.45) is 0 Å². The van der Waals surface area contributed by atoms with Crippen molar-refractivity contribution in [1.82, 2.24) is 4.90 Å². The van der Waals surface area contributed by atoms with Crippen LogP contribution in [0.3, 0.4) is 0 Å². The van der Waals surface area contributed by atoms with Crippen molar-refractivity contribution in [2.45, 2.75) is 31.8 Å². The molecule has 1 heterocycles. The Labute approximate surface area is 123 Å². The Kier molecular flexibility index (Phi) is 5.07. The Morgan fingerprint density at radius 2 is 1.81 bits per heavy atom. The van der Waals surface area contributed by atoms with Gasteiger partial charge in [-0.05, 0) is 25.0 Å². The number of aliphatic hydroxyl groups is 1. The van der Waals surface area contributed by atoms with Crippen LogP contribution in [0.5, 0.6) is 0 Å². The largest absolute Gasteiger partial charge is 0.393 e. The summed E-state index contributed by atoms with van der Waals surface area (Å²) in [5.74, 6) is -0.131. The number of amides is 1. The SMILES string of the molecule is N#Cc1ccc(C(=O)CCC(=O)N2CCC(O)CC2)cc1. The molecule has 5 nitrogen and oxygen atoms in total. The first-order valence-electron chi connectivity index (χ1n) is 7.09. The highest BCUT2D eigenvalue weighted by molar-refractivity contribution is 5.98. The number of nitriles is 1. The molecule has 110 valence electrons. The van der Waals surface area contributed by atoms with E-state index in [1.54, 1.807) is 29.2 Å². The van der Waals surface area contributed by atoms with E-state index < -0.39 is 0 Å². The van der Waals surface area contributed by atoms with E-state index in [0.29, 0.717) is 37.1 Å². The Hall–Kier alpha value is -2.19. The molecule has 1 fully saturated rings. The fourth-order valence-electron chi connectivity index (χ4n) is 2.37. The average Bonchev–Trinajstić information content (AvgIpc) is 2.53. The highest BCUT2D eigenvalue weighted by Gasteiger charge is 2.21. The average molecular weight is 286 g/mol. The minimum Gasteiger partial charge on any atom is -0.393 e. The zero-order valence-electron chi connectivity index (χ0n) is 11.8. The molecule has 1 N–H and O–H groups in total. The van der Waals surface area contributed by atoms with Crippen LogP contribution in [-0.4, -0.2) is 40.9 Å². The number of likely N-dealkylation sites (tertiary alicyclic amines) is 1. The van der Waals surface area contributed by atoms with Gasteiger partial charge in [0.05, 0.1) is 17.7 Å². The monoisotopic (exact) mass is 286 g/mol. The van der Waals surface area contributed by atoms with Gasteiger partial charge in [-0.2, -0.15) is 5.26 Å². The van der Waals surface area contributed by atoms with Gasteiger partial charge in [0.2, 0.25) is 5.91 Å². The molecule has 1 aromatic carbocycles. The van der Waals surface area contributed by atoms with Gasteiger partial charge in [-0.15, -0.1) is 0 Å². The maximum Gasteiger partial charge on any atom is 0.223 e. The molecule has 0 atom stereocenters. The molecule has 0 unspecified atom stereocenters. The summed E-state index contributed by atoms with van der Waals surface area (Å²) in [5, 5.41) is 18.1. The quantitative estimate of drug-likeness (QED) is 0.850. The molecule has 0 aromatic heterocycles. The lowest BCUT2D eigenvalue weighted by molar-refractivity contribution is -0.133. The highest BCUT2D eigenvalue weighted by atomic mass is 16.3. The number of carbonyl (C=O) groups is 2. The molecule has 2 rings (SSSR count). The number of benzene rings is 1. The Morgan fingerprint density at radius 3 is 2.38 bits per heavy atom. The fourth-order valence-corrected chi connectivity index (χ4v) is 2.37. The van der Waals surface area contributed by atoms with E-state index in [0.717, 1.165) is 0 Å². The van der Waals surface area contributed by atoms with Crippen molar-refractivity contribution < 1.29 is 14.7 Å². The number of hydrogen-bond donors (Lipinski definition) is 1. The lowest BCUT2D eigenvalue weighted by Crippen LogP contribution is -2.40. The van der Waals surface area contributed by atoms with Gasteiger partial charge in [0.15, 0.2) is 5.78 Å². The van der Waals surface area contributed by atoms with Crippen molar-refractivity contribution in [3.05, 3.63) is 35.4 Å². The molecule has 0 bridgehead atoms. The van der Waals surface area contributed by atoms with E-state index in [-0.39, 0.29) is 30.6 Å². The minimum absolute atomic E-state index is 0.0381. The van der Waals surface area contributed by atoms with Crippen molar-refractivity contribution >= 4 is 11.7 Å². The predicted molar refractivity (Wildman–Crippen MR) is 76.5 cm³/mol. The number of piperidine rings is 1. The summed E-state index contributed by atoms with van der Waals surface area (Å²) in [7, 11) is 0. The van der Waals surface area contributed by atoms with E-state index in [2.05, 4.69) is 0 Å². The van der Waals surface area contributed by atoms with Crippen molar-refractivity contribution in [2.75, 3.05) is 13.1 Å². The summed E-state index contributed by atoms with van der Waals surface area (Å²) >= 11 is 0. The molecule has 1 saturated heterocycles. The smallest absolute Gasteiger partial charge is 0.223 e. The van der Waals surface area contributed by atoms with Gasteiger partial charge in [-0.3, -0.25) is 9.59 Å². The van der Waals surface area contributed by atoms with Crippen LogP contribution in [0.25, 0.3) is 0 Å². The predicted octanol–water partition coefficient (Wildman–Crippen LogP) is 1.50. The normalized spacial score (nSPS) is 15.5. The van der Waals surface area contributed by atoms with Crippen LogP contribution in [0.1, 0.15) is 41.6 Å². The summed E-state index contributed by atoms with van der Waals surface area (Å²) in [4.78, 5) is 25.7. The maximum atomic E-state index is 12.0. The first-order valence-corrected chi connectivity index (χ1v) is 7.09. The highest BCUT2D eigenvalue weighted by Crippen LogP contribution is 2.13. The topological polar surface area (TPSA) is 81.4 Å². The second-order valence-corrected chi connectivity index (χ2v) is 5.22. The van der Waals surface area contributed by atoms with E-state index >= 15 is 0 Å². The number of ketones is 1. The van der Waals surface area contributed by atoms with Crippen LogP contribution >= 0.6 is 0 Å². The zero-order valence-corrected chi connectivity index (χ0v) is 11.8. The number of hydrogen-bond acceptors (Lipinski definition) is 4. The molecule has 0 radical (unpaired) electrons. The first kappa shape index (κ1) is 15.2. The van der Waals surface area contributed by atoms with E-state index in [1.807, 2.05) is 6.07 Å². The molecule has 0 aliphatic carbocycles. The van der Waals surface area contributed by atoms with Gasteiger partial charge >= 0.3 is 0 Å². The van der Waals surface area contributed by atoms with Gasteiger partial charge in [-0.25, -0.2) is 0 Å².